The van der Waals surface area contributed by atoms with E-state index in [0.717, 1.165) is 11.1 Å². The van der Waals surface area contributed by atoms with Crippen molar-refractivity contribution >= 4 is 9.84 Å². The Hall–Kier alpha value is -0.940. The maximum atomic E-state index is 12.6. The first kappa shape index (κ1) is 13.5. The van der Waals surface area contributed by atoms with Crippen molar-refractivity contribution in [3.8, 4) is 0 Å². The van der Waals surface area contributed by atoms with Gasteiger partial charge in [-0.05, 0) is 36.1 Å². The third-order valence-corrected chi connectivity index (χ3v) is 5.16. The van der Waals surface area contributed by atoms with Crippen LogP contribution in [-0.2, 0) is 22.8 Å². The van der Waals surface area contributed by atoms with Gasteiger partial charge in [-0.1, -0.05) is 13.0 Å². The van der Waals surface area contributed by atoms with E-state index in [2.05, 4.69) is 5.32 Å². The molecule has 0 aliphatic carbocycles. The summed E-state index contributed by atoms with van der Waals surface area (Å²) < 4.78 is 36.5. The number of benzene rings is 1. The summed E-state index contributed by atoms with van der Waals surface area (Å²) in [5, 5.41) is 3.07. The van der Waals surface area contributed by atoms with Gasteiger partial charge in [0.25, 0.3) is 0 Å². The Labute approximate surface area is 107 Å². The van der Waals surface area contributed by atoms with Crippen molar-refractivity contribution in [3.63, 3.8) is 0 Å². The van der Waals surface area contributed by atoms with E-state index >= 15 is 0 Å². The predicted molar refractivity (Wildman–Crippen MR) is 69.1 cm³/mol. The van der Waals surface area contributed by atoms with Crippen molar-refractivity contribution in [2.75, 3.05) is 12.4 Å². The van der Waals surface area contributed by atoms with Crippen molar-refractivity contribution in [2.24, 2.45) is 0 Å². The van der Waals surface area contributed by atoms with Gasteiger partial charge in [-0.2, -0.15) is 0 Å². The number of sulfone groups is 1. The summed E-state index contributed by atoms with van der Waals surface area (Å²) in [6.45, 7) is 2.00. The lowest BCUT2D eigenvalue weighted by Gasteiger charge is -2.24. The lowest BCUT2D eigenvalue weighted by molar-refractivity contribution is 0.358. The molecule has 0 saturated carbocycles. The molecule has 0 spiro atoms. The average Bonchev–Trinajstić information content (AvgIpc) is 2.37. The van der Waals surface area contributed by atoms with E-state index in [0.29, 0.717) is 24.3 Å². The van der Waals surface area contributed by atoms with E-state index in [4.69, 9.17) is 0 Å². The van der Waals surface area contributed by atoms with Crippen LogP contribution in [-0.4, -0.2) is 26.9 Å². The molecule has 1 aromatic carbocycles. The summed E-state index contributed by atoms with van der Waals surface area (Å²) >= 11 is 0. The first-order chi connectivity index (χ1) is 8.56. The largest absolute Gasteiger partial charge is 0.307 e. The third kappa shape index (κ3) is 2.72. The minimum atomic E-state index is -3.16. The molecule has 1 aromatic rings. The number of fused-ring (bicyclic) bond motifs is 1. The third-order valence-electron chi connectivity index (χ3n) is 3.24. The van der Waals surface area contributed by atoms with Crippen molar-refractivity contribution in [2.45, 2.75) is 37.2 Å². The van der Waals surface area contributed by atoms with Crippen LogP contribution >= 0.6 is 0 Å². The van der Waals surface area contributed by atoms with Crippen LogP contribution in [0, 0.1) is 0 Å². The van der Waals surface area contributed by atoms with Crippen LogP contribution in [0.25, 0.3) is 0 Å². The van der Waals surface area contributed by atoms with Gasteiger partial charge in [0.15, 0.2) is 9.84 Å². The second-order valence-electron chi connectivity index (χ2n) is 4.69. The van der Waals surface area contributed by atoms with E-state index in [1.54, 1.807) is 12.1 Å². The monoisotopic (exact) mass is 271 g/mol. The molecule has 0 amide bonds. The number of halogens is 1. The van der Waals surface area contributed by atoms with Crippen molar-refractivity contribution in [1.82, 2.24) is 5.32 Å². The minimum Gasteiger partial charge on any atom is -0.307 e. The number of nitrogens with one attached hydrogen (secondary N) is 1. The maximum absolute atomic E-state index is 12.6. The lowest BCUT2D eigenvalue weighted by atomic mass is 9.96. The molecule has 1 unspecified atom stereocenters. The van der Waals surface area contributed by atoms with E-state index in [-0.39, 0.29) is 11.8 Å². The summed E-state index contributed by atoms with van der Waals surface area (Å²) in [5.41, 5.74) is 2.02. The first-order valence-electron chi connectivity index (χ1n) is 6.20. The zero-order valence-corrected chi connectivity index (χ0v) is 11.3. The zero-order chi connectivity index (χ0) is 13.2. The van der Waals surface area contributed by atoms with E-state index in [1.165, 1.54) is 0 Å². The highest BCUT2D eigenvalue weighted by molar-refractivity contribution is 7.91. The number of hydrogen-bond acceptors (Lipinski definition) is 3. The highest BCUT2D eigenvalue weighted by Gasteiger charge is 2.20. The molecule has 0 saturated heterocycles. The van der Waals surface area contributed by atoms with Crippen LogP contribution in [0.15, 0.2) is 23.1 Å². The number of rotatable bonds is 4. The fourth-order valence-electron chi connectivity index (χ4n) is 2.25. The molecule has 5 heteroatoms. The van der Waals surface area contributed by atoms with Gasteiger partial charge in [-0.15, -0.1) is 0 Å². The van der Waals surface area contributed by atoms with Gasteiger partial charge in [0, 0.05) is 12.6 Å². The van der Waals surface area contributed by atoms with Crippen LogP contribution in [0.4, 0.5) is 4.39 Å². The Morgan fingerprint density at radius 3 is 2.83 bits per heavy atom. The molecule has 1 atom stereocenters. The van der Waals surface area contributed by atoms with Crippen molar-refractivity contribution in [1.29, 1.82) is 0 Å². The average molecular weight is 271 g/mol. The Morgan fingerprint density at radius 2 is 2.17 bits per heavy atom. The maximum Gasteiger partial charge on any atom is 0.178 e. The highest BCUT2D eigenvalue weighted by Crippen LogP contribution is 2.22. The molecule has 100 valence electrons. The summed E-state index contributed by atoms with van der Waals surface area (Å²) in [6.07, 6.45) is 1.24. The Kier molecular flexibility index (Phi) is 4.02. The smallest absolute Gasteiger partial charge is 0.178 e. The molecule has 18 heavy (non-hydrogen) atoms. The zero-order valence-electron chi connectivity index (χ0n) is 10.4. The standard InChI is InChI=1S/C13H18FNO2S/c1-2-5-18(16,17)13-4-3-10-6-12(8-14)15-9-11(10)7-13/h3-4,7,12,15H,2,5-6,8-9H2,1H3. The summed E-state index contributed by atoms with van der Waals surface area (Å²) in [6, 6.07) is 5.05. The predicted octanol–water partition coefficient (Wildman–Crippen LogP) is 1.85. The van der Waals surface area contributed by atoms with E-state index < -0.39 is 16.5 Å². The number of hydrogen-bond donors (Lipinski definition) is 1. The molecule has 0 fully saturated rings. The molecule has 1 N–H and O–H groups in total. The van der Waals surface area contributed by atoms with Gasteiger partial charge >= 0.3 is 0 Å². The van der Waals surface area contributed by atoms with Crippen LogP contribution in [0.5, 0.6) is 0 Å². The molecule has 3 nitrogen and oxygen atoms in total. The van der Waals surface area contributed by atoms with Gasteiger partial charge in [0.2, 0.25) is 0 Å². The van der Waals surface area contributed by atoms with Crippen LogP contribution in [0.3, 0.4) is 0 Å². The first-order valence-corrected chi connectivity index (χ1v) is 7.86. The van der Waals surface area contributed by atoms with E-state index in [9.17, 15) is 12.8 Å². The SMILES string of the molecule is CCCS(=O)(=O)c1ccc2c(c1)CNC(CF)C2. The summed E-state index contributed by atoms with van der Waals surface area (Å²) in [7, 11) is -3.16. The second kappa shape index (κ2) is 5.36. The Balaban J connectivity index is 2.29. The fraction of sp³-hybridized carbons (Fsp3) is 0.538. The van der Waals surface area contributed by atoms with Crippen LogP contribution in [0.1, 0.15) is 24.5 Å². The van der Waals surface area contributed by atoms with Gasteiger partial charge in [0.1, 0.15) is 6.67 Å². The molecule has 0 radical (unpaired) electrons. The van der Waals surface area contributed by atoms with Gasteiger partial charge < -0.3 is 5.32 Å². The summed E-state index contributed by atoms with van der Waals surface area (Å²) in [4.78, 5) is 0.378. The Morgan fingerprint density at radius 1 is 1.39 bits per heavy atom. The van der Waals surface area contributed by atoms with Crippen LogP contribution < -0.4 is 5.32 Å². The molecule has 0 aromatic heterocycles. The highest BCUT2D eigenvalue weighted by atomic mass is 32.2. The Bertz CT molecular complexity index is 528. The molecule has 1 aliphatic heterocycles. The topological polar surface area (TPSA) is 46.2 Å². The molecule has 1 aliphatic rings. The van der Waals surface area contributed by atoms with Crippen molar-refractivity contribution in [3.05, 3.63) is 29.3 Å². The molecular formula is C13H18FNO2S. The van der Waals surface area contributed by atoms with Gasteiger partial charge in [0.05, 0.1) is 10.6 Å². The van der Waals surface area contributed by atoms with Crippen LogP contribution in [0.2, 0.25) is 0 Å². The molecule has 2 rings (SSSR count). The molecular weight excluding hydrogens is 253 g/mol. The normalized spacial score (nSPS) is 19.6. The number of alkyl halides is 1. The van der Waals surface area contributed by atoms with Gasteiger partial charge in [-0.3, -0.25) is 0 Å². The second-order valence-corrected chi connectivity index (χ2v) is 6.79. The lowest BCUT2D eigenvalue weighted by Crippen LogP contribution is -2.37. The minimum absolute atomic E-state index is 0.143. The van der Waals surface area contributed by atoms with Gasteiger partial charge in [-0.25, -0.2) is 12.8 Å². The molecule has 0 bridgehead atoms. The van der Waals surface area contributed by atoms with E-state index in [1.807, 2.05) is 13.0 Å². The molecule has 1 heterocycles. The quantitative estimate of drug-likeness (QED) is 0.909. The van der Waals surface area contributed by atoms with Crippen molar-refractivity contribution < 1.29 is 12.8 Å². The fourth-order valence-corrected chi connectivity index (χ4v) is 3.62. The summed E-state index contributed by atoms with van der Waals surface area (Å²) in [5.74, 6) is 0.173.